The molecule has 1 fully saturated rings. The summed E-state index contributed by atoms with van der Waals surface area (Å²) in [5.41, 5.74) is 0.0509. The Morgan fingerprint density at radius 1 is 1.57 bits per heavy atom. The minimum absolute atomic E-state index is 0.153. The largest absolute Gasteiger partial charge is 0.461 e. The van der Waals surface area contributed by atoms with Crippen LogP contribution in [0.2, 0.25) is 0 Å². The second-order valence-corrected chi connectivity index (χ2v) is 5.41. The molecule has 1 unspecified atom stereocenters. The Balaban J connectivity index is 2.19. The number of hydrogen-bond acceptors (Lipinski definition) is 8. The van der Waals surface area contributed by atoms with E-state index in [1.165, 1.54) is 6.92 Å². The molecule has 10 heteroatoms. The maximum atomic E-state index is 12.0. The first-order valence-corrected chi connectivity index (χ1v) is 7.81. The van der Waals surface area contributed by atoms with E-state index in [1.54, 1.807) is 12.3 Å². The van der Waals surface area contributed by atoms with Crippen LogP contribution in [0.1, 0.15) is 26.0 Å². The molecule has 1 aliphatic heterocycles. The van der Waals surface area contributed by atoms with Crippen LogP contribution in [0.4, 0.5) is 5.13 Å². The molecule has 1 aliphatic rings. The molecular formula is C13H16N4O5S. The first-order chi connectivity index (χ1) is 11.0. The number of carbonyl (C=O) groups excluding carboxylic acids is 3. The van der Waals surface area contributed by atoms with Gasteiger partial charge in [0.1, 0.15) is 5.69 Å². The van der Waals surface area contributed by atoms with Crippen LogP contribution < -0.4 is 10.6 Å². The smallest absolute Gasteiger partial charge is 0.362 e. The van der Waals surface area contributed by atoms with Gasteiger partial charge in [0.15, 0.2) is 5.13 Å². The summed E-state index contributed by atoms with van der Waals surface area (Å²) in [6, 6.07) is 0. The van der Waals surface area contributed by atoms with E-state index in [1.807, 2.05) is 0 Å². The van der Waals surface area contributed by atoms with Gasteiger partial charge in [-0.1, -0.05) is 5.16 Å². The predicted molar refractivity (Wildman–Crippen MR) is 82.1 cm³/mol. The van der Waals surface area contributed by atoms with E-state index in [9.17, 15) is 14.4 Å². The Hall–Kier alpha value is -2.49. The van der Waals surface area contributed by atoms with Crippen molar-refractivity contribution >= 4 is 40.0 Å². The number of hydrogen-bond donors (Lipinski definition) is 2. The van der Waals surface area contributed by atoms with Gasteiger partial charge in [-0.3, -0.25) is 9.59 Å². The Labute approximate surface area is 136 Å². The molecule has 1 saturated heterocycles. The zero-order chi connectivity index (χ0) is 16.8. The van der Waals surface area contributed by atoms with Gasteiger partial charge in [0.25, 0.3) is 5.91 Å². The number of rotatable bonds is 6. The van der Waals surface area contributed by atoms with Gasteiger partial charge in [-0.2, -0.15) is 0 Å². The van der Waals surface area contributed by atoms with Gasteiger partial charge in [-0.05, 0) is 6.92 Å². The number of nitrogens with one attached hydrogen (secondary N) is 2. The molecule has 2 rings (SSSR count). The Morgan fingerprint density at radius 3 is 2.96 bits per heavy atom. The number of oxime groups is 1. The maximum Gasteiger partial charge on any atom is 0.362 e. The molecular weight excluding hydrogens is 324 g/mol. The molecule has 2 N–H and O–H groups in total. The average molecular weight is 340 g/mol. The number of carbonyl (C=O) groups is 3. The lowest BCUT2D eigenvalue weighted by Crippen LogP contribution is -2.26. The quantitative estimate of drug-likeness (QED) is 0.436. The van der Waals surface area contributed by atoms with Crippen molar-refractivity contribution in [2.45, 2.75) is 26.4 Å². The van der Waals surface area contributed by atoms with Crippen LogP contribution in [0.5, 0.6) is 0 Å². The number of esters is 1. The summed E-state index contributed by atoms with van der Waals surface area (Å²) >= 11 is 1.13. The highest BCUT2D eigenvalue weighted by Crippen LogP contribution is 2.17. The second kappa shape index (κ2) is 7.68. The van der Waals surface area contributed by atoms with E-state index in [0.29, 0.717) is 18.1 Å². The third-order valence-corrected chi connectivity index (χ3v) is 3.53. The number of amides is 2. The summed E-state index contributed by atoms with van der Waals surface area (Å²) in [6.07, 6.45) is -0.278. The lowest BCUT2D eigenvalue weighted by atomic mass is 10.3. The van der Waals surface area contributed by atoms with Gasteiger partial charge in [-0.25, -0.2) is 9.78 Å². The summed E-state index contributed by atoms with van der Waals surface area (Å²) in [5.74, 6) is -1.28. The van der Waals surface area contributed by atoms with E-state index >= 15 is 0 Å². The van der Waals surface area contributed by atoms with Crippen molar-refractivity contribution in [1.29, 1.82) is 0 Å². The normalized spacial score (nSPS) is 17.6. The zero-order valence-electron chi connectivity index (χ0n) is 12.6. The van der Waals surface area contributed by atoms with Crippen molar-refractivity contribution in [2.24, 2.45) is 5.16 Å². The van der Waals surface area contributed by atoms with Crippen molar-refractivity contribution < 1.29 is 24.0 Å². The van der Waals surface area contributed by atoms with Gasteiger partial charge in [-0.15, -0.1) is 11.3 Å². The van der Waals surface area contributed by atoms with Crippen LogP contribution in [-0.2, 0) is 24.0 Å². The van der Waals surface area contributed by atoms with Crippen LogP contribution in [0.25, 0.3) is 0 Å². The molecule has 0 spiro atoms. The molecule has 1 aromatic rings. The van der Waals surface area contributed by atoms with Crippen molar-refractivity contribution in [1.82, 2.24) is 10.3 Å². The third-order valence-electron chi connectivity index (χ3n) is 2.77. The van der Waals surface area contributed by atoms with Gasteiger partial charge < -0.3 is 20.2 Å². The number of anilines is 1. The van der Waals surface area contributed by atoms with Gasteiger partial charge in [0, 0.05) is 25.3 Å². The average Bonchev–Trinajstić information content (AvgIpc) is 3.09. The molecule has 0 saturated carbocycles. The molecule has 0 aromatic carbocycles. The summed E-state index contributed by atoms with van der Waals surface area (Å²) < 4.78 is 4.92. The minimum Gasteiger partial charge on any atom is -0.461 e. The molecule has 1 atom stereocenters. The lowest BCUT2D eigenvalue weighted by molar-refractivity contribution is -0.136. The zero-order valence-corrected chi connectivity index (χ0v) is 13.4. The fraction of sp³-hybridized carbons (Fsp3) is 0.462. The van der Waals surface area contributed by atoms with E-state index in [-0.39, 0.29) is 29.8 Å². The van der Waals surface area contributed by atoms with Crippen LogP contribution in [0.3, 0.4) is 0 Å². The van der Waals surface area contributed by atoms with E-state index in [0.717, 1.165) is 11.3 Å². The summed E-state index contributed by atoms with van der Waals surface area (Å²) in [7, 11) is 0. The predicted octanol–water partition coefficient (Wildman–Crippen LogP) is 0.274. The molecule has 2 heterocycles. The van der Waals surface area contributed by atoms with Crippen molar-refractivity contribution in [3.05, 3.63) is 11.1 Å². The molecule has 0 aliphatic carbocycles. The first kappa shape index (κ1) is 16.9. The fourth-order valence-corrected chi connectivity index (χ4v) is 2.51. The molecule has 2 amide bonds. The highest BCUT2D eigenvalue weighted by Gasteiger charge is 2.27. The SMILES string of the molecule is CCOC(=O)/C(=N\OC1CCNC1=O)c1csc(NC(C)=O)n1. The summed E-state index contributed by atoms with van der Waals surface area (Å²) in [6.45, 7) is 3.66. The van der Waals surface area contributed by atoms with Crippen molar-refractivity contribution in [2.75, 3.05) is 18.5 Å². The van der Waals surface area contributed by atoms with Crippen LogP contribution in [0, 0.1) is 0 Å². The Morgan fingerprint density at radius 2 is 2.35 bits per heavy atom. The van der Waals surface area contributed by atoms with Crippen molar-refractivity contribution in [3.8, 4) is 0 Å². The lowest BCUT2D eigenvalue weighted by Gasteiger charge is -2.07. The Bertz CT molecular complexity index is 642. The number of aromatic nitrogens is 1. The third kappa shape index (κ3) is 4.49. The van der Waals surface area contributed by atoms with E-state index in [2.05, 4.69) is 20.8 Å². The van der Waals surface area contributed by atoms with Crippen LogP contribution in [-0.4, -0.2) is 47.7 Å². The molecule has 0 bridgehead atoms. The van der Waals surface area contributed by atoms with Gasteiger partial charge >= 0.3 is 5.97 Å². The van der Waals surface area contributed by atoms with E-state index in [4.69, 9.17) is 9.57 Å². The van der Waals surface area contributed by atoms with Gasteiger partial charge in [0.05, 0.1) is 6.61 Å². The minimum atomic E-state index is -0.743. The number of thiazole rings is 1. The summed E-state index contributed by atoms with van der Waals surface area (Å²) in [4.78, 5) is 43.7. The second-order valence-electron chi connectivity index (χ2n) is 4.55. The highest BCUT2D eigenvalue weighted by atomic mass is 32.1. The monoisotopic (exact) mass is 340 g/mol. The number of nitrogens with zero attached hydrogens (tertiary/aromatic N) is 2. The summed E-state index contributed by atoms with van der Waals surface area (Å²) in [5, 5.41) is 10.7. The standard InChI is InChI=1S/C13H16N4O5S/c1-3-21-12(20)10(17-22-9-4-5-14-11(9)19)8-6-23-13(16-8)15-7(2)18/h6,9H,3-5H2,1-2H3,(H,14,19)(H,15,16,18)/b17-10-. The van der Waals surface area contributed by atoms with Crippen molar-refractivity contribution in [3.63, 3.8) is 0 Å². The molecule has 23 heavy (non-hydrogen) atoms. The molecule has 0 radical (unpaired) electrons. The van der Waals surface area contributed by atoms with Crippen LogP contribution in [0.15, 0.2) is 10.5 Å². The fourth-order valence-electron chi connectivity index (χ4n) is 1.77. The number of ether oxygens (including phenoxy) is 1. The molecule has 1 aromatic heterocycles. The van der Waals surface area contributed by atoms with E-state index < -0.39 is 12.1 Å². The van der Waals surface area contributed by atoms with Crippen LogP contribution >= 0.6 is 11.3 Å². The molecule has 9 nitrogen and oxygen atoms in total. The van der Waals surface area contributed by atoms with Gasteiger partial charge in [0.2, 0.25) is 17.7 Å². The first-order valence-electron chi connectivity index (χ1n) is 6.93. The Kier molecular flexibility index (Phi) is 5.63. The topological polar surface area (TPSA) is 119 Å². The maximum absolute atomic E-state index is 12.0. The highest BCUT2D eigenvalue weighted by molar-refractivity contribution is 7.14. The molecule has 124 valence electrons.